The Balaban J connectivity index is 1.41. The molecule has 0 radical (unpaired) electrons. The van der Waals surface area contributed by atoms with E-state index in [1.54, 1.807) is 11.1 Å². The predicted molar refractivity (Wildman–Crippen MR) is 107 cm³/mol. The number of nitrogens with zero attached hydrogens (tertiary/aromatic N) is 5. The van der Waals surface area contributed by atoms with Crippen LogP contribution in [0.1, 0.15) is 31.7 Å². The lowest BCUT2D eigenvalue weighted by Crippen LogP contribution is -2.42. The van der Waals surface area contributed by atoms with Crippen LogP contribution < -0.4 is 10.2 Å². The van der Waals surface area contributed by atoms with Gasteiger partial charge in [0, 0.05) is 31.4 Å². The molecule has 1 N–H and O–H groups in total. The van der Waals surface area contributed by atoms with Gasteiger partial charge in [-0.05, 0) is 44.2 Å². The average Bonchev–Trinajstić information content (AvgIpc) is 2.74. The summed E-state index contributed by atoms with van der Waals surface area (Å²) in [6.45, 7) is 4.49. The van der Waals surface area contributed by atoms with Crippen LogP contribution in [0.2, 0.25) is 0 Å². The van der Waals surface area contributed by atoms with Crippen molar-refractivity contribution in [1.29, 1.82) is 0 Å². The first-order chi connectivity index (χ1) is 13.7. The molecule has 1 saturated heterocycles. The first-order valence-corrected chi connectivity index (χ1v) is 9.98. The first kappa shape index (κ1) is 18.5. The quantitative estimate of drug-likeness (QED) is 0.870. The monoisotopic (exact) mass is 382 g/mol. The van der Waals surface area contributed by atoms with E-state index in [0.29, 0.717) is 25.6 Å². The number of aromatic nitrogens is 3. The van der Waals surface area contributed by atoms with E-state index in [4.69, 9.17) is 9.72 Å². The van der Waals surface area contributed by atoms with E-state index in [9.17, 15) is 4.79 Å². The summed E-state index contributed by atoms with van der Waals surface area (Å²) in [5.74, 6) is 1.35. The number of carbonyl (C=O) groups is 1. The third-order valence-electron chi connectivity index (χ3n) is 5.29. The van der Waals surface area contributed by atoms with Gasteiger partial charge in [0.1, 0.15) is 0 Å². The number of hydrogen-bond acceptors (Lipinski definition) is 7. The second-order valence-electron chi connectivity index (χ2n) is 7.13. The number of benzene rings is 1. The molecule has 28 heavy (non-hydrogen) atoms. The van der Waals surface area contributed by atoms with Crippen molar-refractivity contribution < 1.29 is 9.53 Å². The van der Waals surface area contributed by atoms with E-state index in [1.807, 2.05) is 6.92 Å². The van der Waals surface area contributed by atoms with Crippen molar-refractivity contribution in [1.82, 2.24) is 20.1 Å². The van der Waals surface area contributed by atoms with Gasteiger partial charge in [-0.15, -0.1) is 5.10 Å². The van der Waals surface area contributed by atoms with Crippen LogP contribution in [0, 0.1) is 0 Å². The number of para-hydroxylation sites is 1. The summed E-state index contributed by atoms with van der Waals surface area (Å²) in [6, 6.07) is 8.66. The molecule has 148 valence electrons. The largest absolute Gasteiger partial charge is 0.450 e. The highest BCUT2D eigenvalue weighted by Crippen LogP contribution is 2.32. The summed E-state index contributed by atoms with van der Waals surface area (Å²) in [4.78, 5) is 20.5. The molecule has 0 spiro atoms. The summed E-state index contributed by atoms with van der Waals surface area (Å²) in [5, 5.41) is 11.7. The molecule has 2 aliphatic rings. The fourth-order valence-corrected chi connectivity index (χ4v) is 3.86. The van der Waals surface area contributed by atoms with Gasteiger partial charge >= 0.3 is 6.09 Å². The Hall–Kier alpha value is -2.90. The van der Waals surface area contributed by atoms with E-state index in [2.05, 4.69) is 44.7 Å². The second kappa shape index (κ2) is 8.41. The number of ether oxygens (including phenoxy) is 1. The van der Waals surface area contributed by atoms with Crippen molar-refractivity contribution in [2.45, 2.75) is 38.6 Å². The maximum absolute atomic E-state index is 11.8. The van der Waals surface area contributed by atoms with E-state index in [1.165, 1.54) is 11.3 Å². The lowest BCUT2D eigenvalue weighted by Gasteiger charge is -2.32. The van der Waals surface area contributed by atoms with Gasteiger partial charge in [0.25, 0.3) is 0 Å². The Bertz CT molecular complexity index is 822. The van der Waals surface area contributed by atoms with Crippen LogP contribution in [0.15, 0.2) is 30.5 Å². The zero-order valence-electron chi connectivity index (χ0n) is 16.2. The molecule has 2 aromatic rings. The van der Waals surface area contributed by atoms with Crippen molar-refractivity contribution in [3.8, 4) is 0 Å². The number of anilines is 3. The molecule has 1 fully saturated rings. The van der Waals surface area contributed by atoms with Crippen molar-refractivity contribution in [3.05, 3.63) is 36.0 Å². The van der Waals surface area contributed by atoms with Crippen LogP contribution >= 0.6 is 0 Å². The van der Waals surface area contributed by atoms with Crippen molar-refractivity contribution in [2.75, 3.05) is 36.5 Å². The smallest absolute Gasteiger partial charge is 0.409 e. The van der Waals surface area contributed by atoms with E-state index >= 15 is 0 Å². The Morgan fingerprint density at radius 3 is 2.89 bits per heavy atom. The molecular formula is C20H26N6O2. The van der Waals surface area contributed by atoms with Crippen LogP contribution in [0.4, 0.5) is 22.2 Å². The molecule has 4 rings (SSSR count). The molecule has 0 aliphatic carbocycles. The van der Waals surface area contributed by atoms with Gasteiger partial charge in [-0.1, -0.05) is 18.2 Å². The highest BCUT2D eigenvalue weighted by atomic mass is 16.6. The lowest BCUT2D eigenvalue weighted by atomic mass is 10.0. The van der Waals surface area contributed by atoms with Crippen LogP contribution in [-0.2, 0) is 11.2 Å². The Morgan fingerprint density at radius 2 is 2.07 bits per heavy atom. The van der Waals surface area contributed by atoms with Gasteiger partial charge in [0.05, 0.1) is 12.8 Å². The summed E-state index contributed by atoms with van der Waals surface area (Å²) >= 11 is 0. The maximum Gasteiger partial charge on any atom is 0.409 e. The number of carbonyl (C=O) groups excluding carboxylic acids is 1. The van der Waals surface area contributed by atoms with Gasteiger partial charge in [-0.2, -0.15) is 10.1 Å². The van der Waals surface area contributed by atoms with Gasteiger partial charge in [-0.25, -0.2) is 4.79 Å². The number of piperidine rings is 1. The Morgan fingerprint density at radius 1 is 1.25 bits per heavy atom. The summed E-state index contributed by atoms with van der Waals surface area (Å²) in [6.07, 6.45) is 5.34. The molecular weight excluding hydrogens is 356 g/mol. The number of fused-ring (bicyclic) bond motifs is 1. The fraction of sp³-hybridized carbons (Fsp3) is 0.500. The molecule has 3 heterocycles. The second-order valence-corrected chi connectivity index (χ2v) is 7.13. The van der Waals surface area contributed by atoms with E-state index in [-0.39, 0.29) is 12.1 Å². The van der Waals surface area contributed by atoms with Gasteiger partial charge in [-0.3, -0.25) is 0 Å². The summed E-state index contributed by atoms with van der Waals surface area (Å²) in [5.41, 5.74) is 2.54. The minimum Gasteiger partial charge on any atom is -0.450 e. The highest BCUT2D eigenvalue weighted by Gasteiger charge is 2.25. The minimum absolute atomic E-state index is 0.219. The summed E-state index contributed by atoms with van der Waals surface area (Å²) in [7, 11) is 0. The van der Waals surface area contributed by atoms with Crippen molar-refractivity contribution in [2.24, 2.45) is 0 Å². The topological polar surface area (TPSA) is 83.5 Å². The molecule has 0 unspecified atom stereocenters. The first-order valence-electron chi connectivity index (χ1n) is 9.98. The van der Waals surface area contributed by atoms with E-state index in [0.717, 1.165) is 38.0 Å². The standard InChI is InChI=1S/C20H26N6O2/c1-2-28-20(27)25-12-9-16(10-13-25)22-19-23-18(14-21-24-19)26-11-5-7-15-6-3-4-8-17(15)26/h3-4,6,8,14,16H,2,5,7,9-13H2,1H3,(H,22,23,24). The van der Waals surface area contributed by atoms with Crippen LogP contribution in [-0.4, -0.2) is 58.5 Å². The number of rotatable bonds is 4. The van der Waals surface area contributed by atoms with E-state index < -0.39 is 0 Å². The molecule has 0 saturated carbocycles. The zero-order chi connectivity index (χ0) is 19.3. The molecule has 0 bridgehead atoms. The highest BCUT2D eigenvalue weighted by molar-refractivity contribution is 5.67. The number of nitrogens with one attached hydrogen (secondary N) is 1. The SMILES string of the molecule is CCOC(=O)N1CCC(Nc2nncc(N3CCCc4ccccc43)n2)CC1. The normalized spacial score (nSPS) is 17.2. The van der Waals surface area contributed by atoms with Gasteiger partial charge in [0.2, 0.25) is 5.95 Å². The lowest BCUT2D eigenvalue weighted by molar-refractivity contribution is 0.0983. The third-order valence-corrected chi connectivity index (χ3v) is 5.29. The van der Waals surface area contributed by atoms with Gasteiger partial charge in [0.15, 0.2) is 5.82 Å². The number of aryl methyl sites for hydroxylation is 1. The van der Waals surface area contributed by atoms with Crippen molar-refractivity contribution >= 4 is 23.5 Å². The molecule has 1 amide bonds. The number of likely N-dealkylation sites (tertiary alicyclic amines) is 1. The molecule has 1 aromatic heterocycles. The number of amides is 1. The Kier molecular flexibility index (Phi) is 5.55. The summed E-state index contributed by atoms with van der Waals surface area (Å²) < 4.78 is 5.07. The number of hydrogen-bond donors (Lipinski definition) is 1. The van der Waals surface area contributed by atoms with Crippen LogP contribution in [0.3, 0.4) is 0 Å². The minimum atomic E-state index is -0.232. The Labute approximate surface area is 164 Å². The fourth-order valence-electron chi connectivity index (χ4n) is 3.86. The van der Waals surface area contributed by atoms with Crippen LogP contribution in [0.25, 0.3) is 0 Å². The molecule has 0 atom stereocenters. The average molecular weight is 382 g/mol. The van der Waals surface area contributed by atoms with Crippen LogP contribution in [0.5, 0.6) is 0 Å². The predicted octanol–water partition coefficient (Wildman–Crippen LogP) is 2.99. The van der Waals surface area contributed by atoms with Crippen molar-refractivity contribution in [3.63, 3.8) is 0 Å². The molecule has 2 aliphatic heterocycles. The third kappa shape index (κ3) is 4.00. The molecule has 8 heteroatoms. The van der Waals surface area contributed by atoms with Gasteiger partial charge < -0.3 is 19.9 Å². The molecule has 1 aromatic carbocycles. The molecule has 8 nitrogen and oxygen atoms in total. The zero-order valence-corrected chi connectivity index (χ0v) is 16.2. The maximum atomic E-state index is 11.8.